The summed E-state index contributed by atoms with van der Waals surface area (Å²) in [6, 6.07) is 7.55. The average molecular weight is 266 g/mol. The molecule has 1 heterocycles. The van der Waals surface area contributed by atoms with Gasteiger partial charge in [-0.3, -0.25) is 4.79 Å². The van der Waals surface area contributed by atoms with Crippen LogP contribution < -0.4 is 0 Å². The number of alkyl halides is 1. The number of nitrogens with zero attached hydrogens (tertiary/aromatic N) is 1. The summed E-state index contributed by atoms with van der Waals surface area (Å²) in [7, 11) is 0. The molecule has 0 aliphatic carbocycles. The summed E-state index contributed by atoms with van der Waals surface area (Å²) in [4.78, 5) is 14.2. The lowest BCUT2D eigenvalue weighted by Crippen LogP contribution is -2.33. The van der Waals surface area contributed by atoms with Crippen molar-refractivity contribution in [2.24, 2.45) is 0 Å². The van der Waals surface area contributed by atoms with Crippen molar-refractivity contribution in [1.82, 2.24) is 4.90 Å². The Bertz CT molecular complexity index is 529. The van der Waals surface area contributed by atoms with Crippen molar-refractivity contribution in [3.63, 3.8) is 0 Å². The molecule has 2 rings (SSSR count). The van der Waals surface area contributed by atoms with Gasteiger partial charge >= 0.3 is 0 Å². The third-order valence-corrected chi connectivity index (χ3v) is 3.02. The summed E-state index contributed by atoms with van der Waals surface area (Å²) >= 11 is 5.74. The van der Waals surface area contributed by atoms with Gasteiger partial charge in [0.05, 0.1) is 5.56 Å². The zero-order valence-electron chi connectivity index (χ0n) is 10.4. The fourth-order valence-electron chi connectivity index (χ4n) is 2.00. The third-order valence-electron chi connectivity index (χ3n) is 2.85. The third kappa shape index (κ3) is 2.51. The van der Waals surface area contributed by atoms with E-state index >= 15 is 0 Å². The van der Waals surface area contributed by atoms with E-state index in [4.69, 9.17) is 16.0 Å². The Morgan fingerprint density at radius 2 is 2.11 bits per heavy atom. The molecule has 3 nitrogen and oxygen atoms in total. The normalized spacial score (nSPS) is 10.8. The molecule has 0 N–H and O–H groups in total. The molecule has 0 unspecified atom stereocenters. The van der Waals surface area contributed by atoms with Crippen LogP contribution in [0, 0.1) is 0 Å². The maximum absolute atomic E-state index is 12.4. The van der Waals surface area contributed by atoms with Crippen LogP contribution >= 0.6 is 11.6 Å². The van der Waals surface area contributed by atoms with Crippen molar-refractivity contribution < 1.29 is 9.21 Å². The topological polar surface area (TPSA) is 33.5 Å². The first kappa shape index (κ1) is 13.0. The zero-order valence-corrected chi connectivity index (χ0v) is 11.1. The molecule has 0 atom stereocenters. The molecule has 0 aliphatic rings. The van der Waals surface area contributed by atoms with Crippen molar-refractivity contribution in [2.45, 2.75) is 13.3 Å². The first-order valence-corrected chi connectivity index (χ1v) is 6.62. The lowest BCUT2D eigenvalue weighted by Gasteiger charge is -2.20. The minimum absolute atomic E-state index is 0.0116. The smallest absolute Gasteiger partial charge is 0.257 e. The number of benzene rings is 1. The highest BCUT2D eigenvalue weighted by molar-refractivity contribution is 6.18. The average Bonchev–Trinajstić information content (AvgIpc) is 2.81. The molecule has 1 amide bonds. The minimum Gasteiger partial charge on any atom is -0.463 e. The first-order chi connectivity index (χ1) is 8.77. The summed E-state index contributed by atoms with van der Waals surface area (Å²) in [5, 5.41) is 0.859. The molecular weight excluding hydrogens is 250 g/mol. The largest absolute Gasteiger partial charge is 0.463 e. The Labute approximate surface area is 111 Å². The van der Waals surface area contributed by atoms with Crippen molar-refractivity contribution >= 4 is 28.5 Å². The SMILES string of the molecule is CCCN(CCCl)C(=O)c1coc2ccccc12. The van der Waals surface area contributed by atoms with Gasteiger partial charge in [0.15, 0.2) is 0 Å². The van der Waals surface area contributed by atoms with Crippen LogP contribution in [-0.4, -0.2) is 29.8 Å². The lowest BCUT2D eigenvalue weighted by atomic mass is 10.1. The van der Waals surface area contributed by atoms with E-state index in [9.17, 15) is 4.79 Å². The van der Waals surface area contributed by atoms with Crippen LogP contribution in [-0.2, 0) is 0 Å². The van der Waals surface area contributed by atoms with Crippen molar-refractivity contribution in [3.8, 4) is 0 Å². The van der Waals surface area contributed by atoms with Gasteiger partial charge in [0.25, 0.3) is 5.91 Å². The van der Waals surface area contributed by atoms with E-state index in [1.54, 1.807) is 4.90 Å². The second-order valence-electron chi connectivity index (χ2n) is 4.13. The summed E-state index contributed by atoms with van der Waals surface area (Å²) in [5.41, 5.74) is 1.35. The highest BCUT2D eigenvalue weighted by Gasteiger charge is 2.19. The number of amides is 1. The number of fused-ring (bicyclic) bond motifs is 1. The van der Waals surface area contributed by atoms with Crippen LogP contribution in [0.5, 0.6) is 0 Å². The number of carbonyl (C=O) groups is 1. The van der Waals surface area contributed by atoms with Crippen LogP contribution in [0.1, 0.15) is 23.7 Å². The number of carbonyl (C=O) groups excluding carboxylic acids is 1. The van der Waals surface area contributed by atoms with Gasteiger partial charge in [-0.05, 0) is 12.5 Å². The van der Waals surface area contributed by atoms with Crippen LogP contribution in [0.25, 0.3) is 11.0 Å². The molecule has 1 aromatic heterocycles. The Hall–Kier alpha value is -1.48. The van der Waals surface area contributed by atoms with E-state index in [1.807, 2.05) is 31.2 Å². The van der Waals surface area contributed by atoms with E-state index in [2.05, 4.69) is 0 Å². The fraction of sp³-hybridized carbons (Fsp3) is 0.357. The summed E-state index contributed by atoms with van der Waals surface area (Å²) in [6.45, 7) is 3.32. The number of hydrogen-bond donors (Lipinski definition) is 0. The molecular formula is C14H16ClNO2. The second kappa shape index (κ2) is 5.91. The van der Waals surface area contributed by atoms with Gasteiger partial charge in [-0.1, -0.05) is 25.1 Å². The quantitative estimate of drug-likeness (QED) is 0.775. The van der Waals surface area contributed by atoms with Gasteiger partial charge in [-0.25, -0.2) is 0 Å². The first-order valence-electron chi connectivity index (χ1n) is 6.09. The Morgan fingerprint density at radius 3 is 2.83 bits per heavy atom. The van der Waals surface area contributed by atoms with Crippen molar-refractivity contribution in [2.75, 3.05) is 19.0 Å². The Morgan fingerprint density at radius 1 is 1.33 bits per heavy atom. The molecule has 0 saturated heterocycles. The maximum Gasteiger partial charge on any atom is 0.257 e. The van der Waals surface area contributed by atoms with E-state index in [-0.39, 0.29) is 5.91 Å². The van der Waals surface area contributed by atoms with Crippen molar-refractivity contribution in [3.05, 3.63) is 36.1 Å². The molecule has 0 bridgehead atoms. The predicted octanol–water partition coefficient (Wildman–Crippen LogP) is 3.52. The molecule has 4 heteroatoms. The summed E-state index contributed by atoms with van der Waals surface area (Å²) in [5.74, 6) is 0.434. The number of hydrogen-bond acceptors (Lipinski definition) is 2. The fourth-order valence-corrected chi connectivity index (χ4v) is 2.20. The van der Waals surface area contributed by atoms with Gasteiger partial charge in [-0.2, -0.15) is 0 Å². The van der Waals surface area contributed by atoms with Crippen LogP contribution in [0.3, 0.4) is 0 Å². The minimum atomic E-state index is -0.0116. The molecule has 0 spiro atoms. The molecule has 0 saturated carbocycles. The van der Waals surface area contributed by atoms with E-state index in [0.29, 0.717) is 24.5 Å². The van der Waals surface area contributed by atoms with Gasteiger partial charge < -0.3 is 9.32 Å². The Kier molecular flexibility index (Phi) is 4.26. The molecule has 2 aromatic rings. The molecule has 18 heavy (non-hydrogen) atoms. The molecule has 0 radical (unpaired) electrons. The summed E-state index contributed by atoms with van der Waals surface area (Å²) in [6.07, 6.45) is 2.45. The molecule has 96 valence electrons. The van der Waals surface area contributed by atoms with E-state index < -0.39 is 0 Å². The molecule has 0 aliphatic heterocycles. The zero-order chi connectivity index (χ0) is 13.0. The van der Waals surface area contributed by atoms with Crippen molar-refractivity contribution in [1.29, 1.82) is 0 Å². The van der Waals surface area contributed by atoms with E-state index in [1.165, 1.54) is 6.26 Å². The highest BCUT2D eigenvalue weighted by Crippen LogP contribution is 2.22. The number of rotatable bonds is 5. The van der Waals surface area contributed by atoms with Crippen LogP contribution in [0.4, 0.5) is 0 Å². The van der Waals surface area contributed by atoms with Gasteiger partial charge in [0, 0.05) is 24.4 Å². The van der Waals surface area contributed by atoms with Crippen LogP contribution in [0.2, 0.25) is 0 Å². The van der Waals surface area contributed by atoms with Gasteiger partial charge in [0.2, 0.25) is 0 Å². The molecule has 0 fully saturated rings. The second-order valence-corrected chi connectivity index (χ2v) is 4.50. The van der Waals surface area contributed by atoms with Gasteiger partial charge in [-0.15, -0.1) is 11.6 Å². The predicted molar refractivity (Wildman–Crippen MR) is 73.1 cm³/mol. The van der Waals surface area contributed by atoms with Crippen LogP contribution in [0.15, 0.2) is 34.9 Å². The van der Waals surface area contributed by atoms with Gasteiger partial charge in [0.1, 0.15) is 11.8 Å². The maximum atomic E-state index is 12.4. The standard InChI is InChI=1S/C14H16ClNO2/c1-2-8-16(9-7-15)14(17)12-10-18-13-6-4-3-5-11(12)13/h3-6,10H,2,7-9H2,1H3. The number of halogens is 1. The number of furan rings is 1. The summed E-state index contributed by atoms with van der Waals surface area (Å²) < 4.78 is 5.40. The van der Waals surface area contributed by atoms with E-state index in [0.717, 1.165) is 17.4 Å². The monoisotopic (exact) mass is 265 g/mol. The lowest BCUT2D eigenvalue weighted by molar-refractivity contribution is 0.0766. The Balaban J connectivity index is 2.31. The highest BCUT2D eigenvalue weighted by atomic mass is 35.5. The number of para-hydroxylation sites is 1. The molecule has 1 aromatic carbocycles.